The Bertz CT molecular complexity index is 141. The Labute approximate surface area is 81.8 Å². The van der Waals surface area contributed by atoms with Gasteiger partial charge in [0.2, 0.25) is 0 Å². The van der Waals surface area contributed by atoms with Gasteiger partial charge < -0.3 is 10.5 Å². The molecule has 0 heterocycles. The molecule has 78 valence electrons. The van der Waals surface area contributed by atoms with E-state index < -0.39 is 0 Å². The molecule has 0 spiro atoms. The SMILES string of the molecule is CCC(CC)C(N)C(OC)C1CC1. The summed E-state index contributed by atoms with van der Waals surface area (Å²) in [6.45, 7) is 4.43. The summed E-state index contributed by atoms with van der Waals surface area (Å²) < 4.78 is 5.50. The molecule has 1 rings (SSSR count). The van der Waals surface area contributed by atoms with E-state index in [9.17, 15) is 0 Å². The second-order valence-electron chi connectivity index (χ2n) is 4.19. The molecule has 0 amide bonds. The summed E-state index contributed by atoms with van der Waals surface area (Å²) >= 11 is 0. The first-order chi connectivity index (χ1) is 6.24. The van der Waals surface area contributed by atoms with Crippen LogP contribution in [0.1, 0.15) is 39.5 Å². The number of methoxy groups -OCH3 is 1. The van der Waals surface area contributed by atoms with Crippen LogP contribution >= 0.6 is 0 Å². The molecule has 2 heteroatoms. The maximum Gasteiger partial charge on any atom is 0.0752 e. The summed E-state index contributed by atoms with van der Waals surface area (Å²) in [6, 6.07) is 0.243. The first-order valence-electron chi connectivity index (χ1n) is 5.52. The molecule has 2 atom stereocenters. The van der Waals surface area contributed by atoms with Crippen molar-refractivity contribution in [2.45, 2.75) is 51.7 Å². The van der Waals surface area contributed by atoms with Crippen molar-refractivity contribution in [2.75, 3.05) is 7.11 Å². The average Bonchev–Trinajstić information content (AvgIpc) is 2.92. The lowest BCUT2D eigenvalue weighted by Gasteiger charge is -2.28. The third kappa shape index (κ3) is 2.68. The van der Waals surface area contributed by atoms with E-state index in [0.29, 0.717) is 12.0 Å². The zero-order valence-electron chi connectivity index (χ0n) is 9.12. The van der Waals surface area contributed by atoms with E-state index in [4.69, 9.17) is 10.5 Å². The molecule has 1 saturated carbocycles. The van der Waals surface area contributed by atoms with Gasteiger partial charge in [-0.05, 0) is 24.7 Å². The molecule has 0 aromatic carbocycles. The van der Waals surface area contributed by atoms with Crippen LogP contribution in [0.25, 0.3) is 0 Å². The molecule has 1 fully saturated rings. The fraction of sp³-hybridized carbons (Fsp3) is 1.00. The highest BCUT2D eigenvalue weighted by Gasteiger charge is 2.37. The Balaban J connectivity index is 2.45. The fourth-order valence-corrected chi connectivity index (χ4v) is 2.19. The molecule has 0 bridgehead atoms. The fourth-order valence-electron chi connectivity index (χ4n) is 2.19. The Morgan fingerprint density at radius 3 is 2.15 bits per heavy atom. The zero-order chi connectivity index (χ0) is 9.84. The lowest BCUT2D eigenvalue weighted by molar-refractivity contribution is 0.0433. The molecule has 1 aliphatic rings. The lowest BCUT2D eigenvalue weighted by Crippen LogP contribution is -2.43. The minimum Gasteiger partial charge on any atom is -0.380 e. The predicted molar refractivity (Wildman–Crippen MR) is 55.6 cm³/mol. The van der Waals surface area contributed by atoms with Crippen LogP contribution in [-0.4, -0.2) is 19.3 Å². The van der Waals surface area contributed by atoms with Crippen molar-refractivity contribution in [1.82, 2.24) is 0 Å². The topological polar surface area (TPSA) is 35.2 Å². The van der Waals surface area contributed by atoms with Crippen molar-refractivity contribution < 1.29 is 4.74 Å². The van der Waals surface area contributed by atoms with Crippen molar-refractivity contribution in [3.63, 3.8) is 0 Å². The third-order valence-corrected chi connectivity index (χ3v) is 3.33. The molecule has 2 nitrogen and oxygen atoms in total. The van der Waals surface area contributed by atoms with E-state index in [2.05, 4.69) is 13.8 Å². The lowest BCUT2D eigenvalue weighted by atomic mass is 9.89. The standard InChI is InChI=1S/C11H23NO/c1-4-8(5-2)10(12)11(13-3)9-6-7-9/h8-11H,4-7,12H2,1-3H3. The molecule has 2 unspecified atom stereocenters. The monoisotopic (exact) mass is 185 g/mol. The highest BCUT2D eigenvalue weighted by atomic mass is 16.5. The minimum absolute atomic E-state index is 0.243. The van der Waals surface area contributed by atoms with Gasteiger partial charge in [0, 0.05) is 13.2 Å². The van der Waals surface area contributed by atoms with Crippen LogP contribution in [0.3, 0.4) is 0 Å². The van der Waals surface area contributed by atoms with E-state index in [1.165, 1.54) is 25.7 Å². The van der Waals surface area contributed by atoms with E-state index in [1.54, 1.807) is 7.11 Å². The van der Waals surface area contributed by atoms with Crippen LogP contribution in [0.2, 0.25) is 0 Å². The van der Waals surface area contributed by atoms with Gasteiger partial charge in [0.25, 0.3) is 0 Å². The Kier molecular flexibility index (Phi) is 4.20. The van der Waals surface area contributed by atoms with Gasteiger partial charge in [0.1, 0.15) is 0 Å². The van der Waals surface area contributed by atoms with Gasteiger partial charge in [0.15, 0.2) is 0 Å². The quantitative estimate of drug-likeness (QED) is 0.688. The van der Waals surface area contributed by atoms with Crippen molar-refractivity contribution in [3.8, 4) is 0 Å². The summed E-state index contributed by atoms with van der Waals surface area (Å²) in [6.07, 6.45) is 5.28. The minimum atomic E-state index is 0.243. The molecule has 0 radical (unpaired) electrons. The smallest absolute Gasteiger partial charge is 0.0752 e. The Hall–Kier alpha value is -0.0800. The van der Waals surface area contributed by atoms with Crippen molar-refractivity contribution >= 4 is 0 Å². The van der Waals surface area contributed by atoms with Crippen LogP contribution < -0.4 is 5.73 Å². The molecular formula is C11H23NO. The van der Waals surface area contributed by atoms with Gasteiger partial charge in [-0.15, -0.1) is 0 Å². The highest BCUT2D eigenvalue weighted by molar-refractivity contribution is 4.91. The number of hydrogen-bond acceptors (Lipinski definition) is 2. The average molecular weight is 185 g/mol. The summed E-state index contributed by atoms with van der Waals surface area (Å²) in [7, 11) is 1.80. The summed E-state index contributed by atoms with van der Waals surface area (Å²) in [4.78, 5) is 0. The van der Waals surface area contributed by atoms with Crippen LogP contribution in [0.4, 0.5) is 0 Å². The van der Waals surface area contributed by atoms with Gasteiger partial charge in [-0.3, -0.25) is 0 Å². The first-order valence-corrected chi connectivity index (χ1v) is 5.52. The van der Waals surface area contributed by atoms with Crippen LogP contribution in [0.15, 0.2) is 0 Å². The van der Waals surface area contributed by atoms with Gasteiger partial charge >= 0.3 is 0 Å². The Morgan fingerprint density at radius 1 is 1.31 bits per heavy atom. The maximum atomic E-state index is 6.21. The van der Waals surface area contributed by atoms with Crippen LogP contribution in [0.5, 0.6) is 0 Å². The van der Waals surface area contributed by atoms with E-state index in [1.807, 2.05) is 0 Å². The second kappa shape index (κ2) is 4.97. The normalized spacial score (nSPS) is 21.9. The van der Waals surface area contributed by atoms with Crippen molar-refractivity contribution in [2.24, 2.45) is 17.6 Å². The van der Waals surface area contributed by atoms with E-state index in [-0.39, 0.29) is 6.04 Å². The molecule has 0 saturated heterocycles. The zero-order valence-corrected chi connectivity index (χ0v) is 9.12. The van der Waals surface area contributed by atoms with Gasteiger partial charge in [-0.1, -0.05) is 26.7 Å². The number of nitrogens with two attached hydrogens (primary N) is 1. The van der Waals surface area contributed by atoms with Crippen LogP contribution in [-0.2, 0) is 4.74 Å². The summed E-state index contributed by atoms with van der Waals surface area (Å²) in [5.74, 6) is 1.38. The molecule has 2 N–H and O–H groups in total. The number of hydrogen-bond donors (Lipinski definition) is 1. The summed E-state index contributed by atoms with van der Waals surface area (Å²) in [5, 5.41) is 0. The van der Waals surface area contributed by atoms with E-state index >= 15 is 0 Å². The highest BCUT2D eigenvalue weighted by Crippen LogP contribution is 2.37. The summed E-state index contributed by atoms with van der Waals surface area (Å²) in [5.41, 5.74) is 6.21. The first kappa shape index (κ1) is 11.0. The van der Waals surface area contributed by atoms with Crippen molar-refractivity contribution in [1.29, 1.82) is 0 Å². The van der Waals surface area contributed by atoms with Gasteiger partial charge in [-0.2, -0.15) is 0 Å². The predicted octanol–water partition coefficient (Wildman–Crippen LogP) is 2.17. The molecule has 0 aliphatic heterocycles. The molecule has 13 heavy (non-hydrogen) atoms. The van der Waals surface area contributed by atoms with E-state index in [0.717, 1.165) is 5.92 Å². The van der Waals surface area contributed by atoms with Gasteiger partial charge in [-0.25, -0.2) is 0 Å². The number of ether oxygens (including phenoxy) is 1. The second-order valence-corrected chi connectivity index (χ2v) is 4.19. The van der Waals surface area contributed by atoms with Gasteiger partial charge in [0.05, 0.1) is 6.10 Å². The van der Waals surface area contributed by atoms with Crippen molar-refractivity contribution in [3.05, 3.63) is 0 Å². The molecule has 0 aromatic rings. The number of rotatable bonds is 6. The molecule has 1 aliphatic carbocycles. The van der Waals surface area contributed by atoms with Crippen LogP contribution in [0, 0.1) is 11.8 Å². The maximum absolute atomic E-state index is 6.21. The largest absolute Gasteiger partial charge is 0.380 e. The Morgan fingerprint density at radius 2 is 1.85 bits per heavy atom. The third-order valence-electron chi connectivity index (χ3n) is 3.33. The molecular weight excluding hydrogens is 162 g/mol. The molecule has 0 aromatic heterocycles.